The third-order valence-electron chi connectivity index (χ3n) is 2.59. The smallest absolute Gasteiger partial charge is 0.297 e. The fourth-order valence-electron chi connectivity index (χ4n) is 1.72. The number of aromatic amines is 1. The molecule has 94 valence electrons. The zero-order valence-corrected chi connectivity index (χ0v) is 11.3. The number of rotatable bonds is 4. The van der Waals surface area contributed by atoms with Gasteiger partial charge in [0.15, 0.2) is 0 Å². The minimum Gasteiger partial charge on any atom is -0.468 e. The van der Waals surface area contributed by atoms with E-state index in [0.717, 1.165) is 18.4 Å². The van der Waals surface area contributed by atoms with Gasteiger partial charge in [-0.25, -0.2) is 4.98 Å². The van der Waals surface area contributed by atoms with E-state index in [1.165, 1.54) is 5.56 Å². The third kappa shape index (κ3) is 2.92. The number of aryl methyl sites for hydroxylation is 1. The molecule has 0 bridgehead atoms. The fraction of sp³-hybridized carbons (Fsp3) is 0.308. The van der Waals surface area contributed by atoms with E-state index < -0.39 is 0 Å². The summed E-state index contributed by atoms with van der Waals surface area (Å²) in [7, 11) is 1.54. The maximum absolute atomic E-state index is 5.05. The van der Waals surface area contributed by atoms with Gasteiger partial charge in [-0.3, -0.25) is 4.98 Å². The maximum atomic E-state index is 5.05. The molecule has 2 aromatic rings. The van der Waals surface area contributed by atoms with E-state index in [4.69, 9.17) is 17.0 Å². The molecule has 0 fully saturated rings. The summed E-state index contributed by atoms with van der Waals surface area (Å²) >= 11 is 5.00. The summed E-state index contributed by atoms with van der Waals surface area (Å²) in [5.41, 5.74) is 2.29. The molecule has 1 N–H and O–H groups in total. The van der Waals surface area contributed by atoms with Gasteiger partial charge in [0, 0.05) is 5.56 Å². The zero-order valence-electron chi connectivity index (χ0n) is 10.4. The second-order valence-electron chi connectivity index (χ2n) is 3.94. The highest BCUT2D eigenvalue weighted by Crippen LogP contribution is 2.17. The molecule has 1 aromatic carbocycles. The van der Waals surface area contributed by atoms with Gasteiger partial charge in [-0.1, -0.05) is 37.6 Å². The molecule has 0 spiro atoms. The second kappa shape index (κ2) is 5.73. The van der Waals surface area contributed by atoms with Crippen LogP contribution in [0.25, 0.3) is 11.4 Å². The summed E-state index contributed by atoms with van der Waals surface area (Å²) in [6, 6.07) is 8.63. The van der Waals surface area contributed by atoms with Gasteiger partial charge in [0.25, 0.3) is 6.01 Å². The van der Waals surface area contributed by atoms with Crippen molar-refractivity contribution in [3.63, 3.8) is 0 Å². The number of nitrogens with one attached hydrogen (secondary N) is 1. The Hall–Kier alpha value is -1.75. The predicted octanol–water partition coefficient (Wildman–Crippen LogP) is 3.16. The number of methoxy groups -OCH3 is 1. The molecular formula is C13H15N3OS. The molecule has 0 aliphatic heterocycles. The summed E-state index contributed by atoms with van der Waals surface area (Å²) in [4.78, 5) is 11.1. The lowest BCUT2D eigenvalue weighted by atomic mass is 10.1. The van der Waals surface area contributed by atoms with E-state index in [2.05, 4.69) is 34.0 Å². The van der Waals surface area contributed by atoms with Crippen molar-refractivity contribution in [2.24, 2.45) is 0 Å². The highest BCUT2D eigenvalue weighted by atomic mass is 32.1. The summed E-state index contributed by atoms with van der Waals surface area (Å²) in [6.45, 7) is 2.17. The molecule has 0 saturated carbocycles. The maximum Gasteiger partial charge on any atom is 0.297 e. The minimum atomic E-state index is 0.276. The average molecular weight is 261 g/mol. The van der Waals surface area contributed by atoms with Crippen LogP contribution in [0.1, 0.15) is 18.9 Å². The topological polar surface area (TPSA) is 50.8 Å². The van der Waals surface area contributed by atoms with Crippen LogP contribution in [0.3, 0.4) is 0 Å². The van der Waals surface area contributed by atoms with E-state index in [1.807, 2.05) is 12.1 Å². The molecule has 0 aliphatic rings. The molecular weight excluding hydrogens is 246 g/mol. The van der Waals surface area contributed by atoms with Crippen LogP contribution in [0.5, 0.6) is 6.01 Å². The first-order valence-corrected chi connectivity index (χ1v) is 6.25. The predicted molar refractivity (Wildman–Crippen MR) is 73.2 cm³/mol. The second-order valence-corrected chi connectivity index (χ2v) is 4.30. The van der Waals surface area contributed by atoms with Crippen LogP contribution in [0.4, 0.5) is 0 Å². The quantitative estimate of drug-likeness (QED) is 0.859. The van der Waals surface area contributed by atoms with Gasteiger partial charge in [0.1, 0.15) is 5.82 Å². The largest absolute Gasteiger partial charge is 0.468 e. The van der Waals surface area contributed by atoms with E-state index in [0.29, 0.717) is 11.8 Å². The fourth-order valence-corrected chi connectivity index (χ4v) is 1.89. The molecule has 5 heteroatoms. The van der Waals surface area contributed by atoms with Crippen molar-refractivity contribution in [3.8, 4) is 17.4 Å². The number of ether oxygens (including phenoxy) is 1. The Bertz CT molecular complexity index is 578. The number of nitrogens with zero attached hydrogens (tertiary/aromatic N) is 2. The van der Waals surface area contributed by atoms with E-state index in [9.17, 15) is 0 Å². The first-order chi connectivity index (χ1) is 8.72. The van der Waals surface area contributed by atoms with Crippen molar-refractivity contribution in [2.45, 2.75) is 19.8 Å². The lowest BCUT2D eigenvalue weighted by Gasteiger charge is -2.05. The number of H-pyrrole nitrogens is 1. The van der Waals surface area contributed by atoms with Crippen LogP contribution in [-0.2, 0) is 6.42 Å². The first kappa shape index (κ1) is 12.7. The number of hydrogen-bond acceptors (Lipinski definition) is 4. The molecule has 0 amide bonds. The summed E-state index contributed by atoms with van der Waals surface area (Å²) in [5.74, 6) is 0.676. The van der Waals surface area contributed by atoms with Gasteiger partial charge >= 0.3 is 0 Å². The van der Waals surface area contributed by atoms with Crippen LogP contribution in [0.15, 0.2) is 24.3 Å². The molecule has 2 rings (SSSR count). The van der Waals surface area contributed by atoms with E-state index in [-0.39, 0.29) is 4.77 Å². The van der Waals surface area contributed by atoms with Crippen molar-refractivity contribution >= 4 is 12.2 Å². The molecule has 4 nitrogen and oxygen atoms in total. The Morgan fingerprint density at radius 1 is 1.22 bits per heavy atom. The molecule has 0 atom stereocenters. The summed E-state index contributed by atoms with van der Waals surface area (Å²) < 4.78 is 5.32. The van der Waals surface area contributed by atoms with E-state index in [1.54, 1.807) is 7.11 Å². The van der Waals surface area contributed by atoms with Crippen LogP contribution in [0, 0.1) is 4.77 Å². The monoisotopic (exact) mass is 261 g/mol. The zero-order chi connectivity index (χ0) is 13.0. The molecule has 1 heterocycles. The van der Waals surface area contributed by atoms with Crippen molar-refractivity contribution in [2.75, 3.05) is 7.11 Å². The molecule has 18 heavy (non-hydrogen) atoms. The summed E-state index contributed by atoms with van der Waals surface area (Å²) in [6.07, 6.45) is 2.23. The lowest BCUT2D eigenvalue weighted by Crippen LogP contribution is -1.97. The Morgan fingerprint density at radius 3 is 2.56 bits per heavy atom. The SMILES string of the molecule is CCCc1ccc(-c2nc(=S)nc(OC)[nH]2)cc1. The number of benzene rings is 1. The van der Waals surface area contributed by atoms with Gasteiger partial charge < -0.3 is 4.74 Å². The van der Waals surface area contributed by atoms with Gasteiger partial charge in [-0.15, -0.1) is 0 Å². The Balaban J connectivity index is 2.36. The van der Waals surface area contributed by atoms with Gasteiger partial charge in [0.2, 0.25) is 4.77 Å². The summed E-state index contributed by atoms with van der Waals surface area (Å²) in [5, 5.41) is 0. The lowest BCUT2D eigenvalue weighted by molar-refractivity contribution is 0.378. The molecule has 0 aliphatic carbocycles. The number of hydrogen-bond donors (Lipinski definition) is 1. The van der Waals surface area contributed by atoms with Crippen molar-refractivity contribution in [3.05, 3.63) is 34.6 Å². The highest BCUT2D eigenvalue weighted by Gasteiger charge is 2.03. The Kier molecular flexibility index (Phi) is 4.04. The number of aromatic nitrogens is 3. The van der Waals surface area contributed by atoms with Crippen molar-refractivity contribution < 1.29 is 4.74 Å². The van der Waals surface area contributed by atoms with Crippen LogP contribution < -0.4 is 4.74 Å². The third-order valence-corrected chi connectivity index (χ3v) is 2.77. The van der Waals surface area contributed by atoms with Crippen LogP contribution in [0.2, 0.25) is 0 Å². The standard InChI is InChI=1S/C13H15N3OS/c1-3-4-9-5-7-10(8-6-9)11-14-12(17-2)16-13(18)15-11/h5-8H,3-4H2,1-2H3,(H,14,15,16,18). The van der Waals surface area contributed by atoms with Crippen molar-refractivity contribution in [1.29, 1.82) is 0 Å². The minimum absolute atomic E-state index is 0.276. The van der Waals surface area contributed by atoms with Crippen LogP contribution in [-0.4, -0.2) is 22.1 Å². The van der Waals surface area contributed by atoms with Gasteiger partial charge in [-0.2, -0.15) is 4.98 Å². The van der Waals surface area contributed by atoms with E-state index >= 15 is 0 Å². The average Bonchev–Trinajstić information content (AvgIpc) is 2.39. The highest BCUT2D eigenvalue weighted by molar-refractivity contribution is 7.71. The Morgan fingerprint density at radius 2 is 1.94 bits per heavy atom. The first-order valence-electron chi connectivity index (χ1n) is 5.84. The Labute approximate surface area is 111 Å². The van der Waals surface area contributed by atoms with Crippen LogP contribution >= 0.6 is 12.2 Å². The molecule has 0 unspecified atom stereocenters. The van der Waals surface area contributed by atoms with Gasteiger partial charge in [-0.05, 0) is 24.2 Å². The molecule has 1 aromatic heterocycles. The normalized spacial score (nSPS) is 10.3. The molecule has 0 radical (unpaired) electrons. The molecule has 0 saturated heterocycles. The van der Waals surface area contributed by atoms with Gasteiger partial charge in [0.05, 0.1) is 7.11 Å². The van der Waals surface area contributed by atoms with Crippen molar-refractivity contribution in [1.82, 2.24) is 15.0 Å².